The van der Waals surface area contributed by atoms with Crippen molar-refractivity contribution < 1.29 is 4.74 Å². The number of para-hydroxylation sites is 2. The summed E-state index contributed by atoms with van der Waals surface area (Å²) in [4.78, 5) is 18.7. The maximum Gasteiger partial charge on any atom is 0.282 e. The van der Waals surface area contributed by atoms with E-state index in [1.54, 1.807) is 12.3 Å². The van der Waals surface area contributed by atoms with Crippen molar-refractivity contribution in [3.8, 4) is 17.1 Å². The number of nitrogens with zero attached hydrogens (tertiary/aromatic N) is 4. The zero-order chi connectivity index (χ0) is 26.3. The van der Waals surface area contributed by atoms with Gasteiger partial charge in [-0.05, 0) is 68.1 Å². The summed E-state index contributed by atoms with van der Waals surface area (Å²) >= 11 is 0. The van der Waals surface area contributed by atoms with E-state index in [4.69, 9.17) is 14.8 Å². The van der Waals surface area contributed by atoms with E-state index < -0.39 is 0 Å². The van der Waals surface area contributed by atoms with Gasteiger partial charge < -0.3 is 9.30 Å². The van der Waals surface area contributed by atoms with E-state index in [0.717, 1.165) is 44.6 Å². The van der Waals surface area contributed by atoms with E-state index in [-0.39, 0.29) is 11.5 Å². The lowest BCUT2D eigenvalue weighted by atomic mass is 9.96. The van der Waals surface area contributed by atoms with Crippen LogP contribution in [0.25, 0.3) is 33.2 Å². The molecule has 0 fully saturated rings. The van der Waals surface area contributed by atoms with Crippen LogP contribution in [0.15, 0.2) is 70.6 Å². The molecule has 0 aliphatic carbocycles. The minimum Gasteiger partial charge on any atom is -0.494 e. The Balaban J connectivity index is 1.78. The van der Waals surface area contributed by atoms with Crippen molar-refractivity contribution in [3.05, 3.63) is 93.4 Å². The summed E-state index contributed by atoms with van der Waals surface area (Å²) in [5, 5.41) is 6.40. The van der Waals surface area contributed by atoms with Crippen molar-refractivity contribution in [2.75, 3.05) is 6.61 Å². The van der Waals surface area contributed by atoms with Crippen molar-refractivity contribution in [1.82, 2.24) is 14.2 Å². The number of aromatic nitrogens is 3. The molecule has 3 aromatic carbocycles. The fourth-order valence-electron chi connectivity index (χ4n) is 4.90. The minimum absolute atomic E-state index is 0.200. The predicted molar refractivity (Wildman–Crippen MR) is 152 cm³/mol. The third kappa shape index (κ3) is 4.22. The first kappa shape index (κ1) is 24.5. The first-order valence-electron chi connectivity index (χ1n) is 12.7. The van der Waals surface area contributed by atoms with Crippen LogP contribution in [0, 0.1) is 13.8 Å². The van der Waals surface area contributed by atoms with Crippen molar-refractivity contribution in [2.45, 2.75) is 40.5 Å². The van der Waals surface area contributed by atoms with Gasteiger partial charge in [0.05, 0.1) is 23.7 Å². The lowest BCUT2D eigenvalue weighted by Gasteiger charge is -2.18. The highest BCUT2D eigenvalue weighted by Gasteiger charge is 2.19. The molecule has 0 bridgehead atoms. The molecule has 5 rings (SSSR count). The van der Waals surface area contributed by atoms with E-state index in [0.29, 0.717) is 23.3 Å². The quantitative estimate of drug-likeness (QED) is 0.252. The summed E-state index contributed by atoms with van der Waals surface area (Å²) in [5.41, 5.74) is 6.54. The molecule has 0 N–H and O–H groups in total. The van der Waals surface area contributed by atoms with Crippen LogP contribution in [0.4, 0.5) is 0 Å². The zero-order valence-electron chi connectivity index (χ0n) is 22.2. The van der Waals surface area contributed by atoms with Crippen LogP contribution in [0.2, 0.25) is 0 Å². The molecule has 0 amide bonds. The molecule has 2 aromatic heterocycles. The highest BCUT2D eigenvalue weighted by atomic mass is 16.5. The maximum atomic E-state index is 13.8. The Morgan fingerprint density at radius 3 is 2.46 bits per heavy atom. The average Bonchev–Trinajstić information content (AvgIpc) is 3.13. The van der Waals surface area contributed by atoms with Crippen LogP contribution >= 0.6 is 0 Å². The van der Waals surface area contributed by atoms with E-state index in [2.05, 4.69) is 43.5 Å². The Morgan fingerprint density at radius 1 is 1.03 bits per heavy atom. The lowest BCUT2D eigenvalue weighted by Crippen LogP contribution is -2.21. The lowest BCUT2D eigenvalue weighted by molar-refractivity contribution is 0.335. The van der Waals surface area contributed by atoms with Gasteiger partial charge in [0.25, 0.3) is 5.56 Å². The van der Waals surface area contributed by atoms with Crippen LogP contribution in [0.5, 0.6) is 5.75 Å². The molecular formula is C31H32N4O2. The molecule has 0 saturated carbocycles. The van der Waals surface area contributed by atoms with Gasteiger partial charge in [-0.1, -0.05) is 44.2 Å². The van der Waals surface area contributed by atoms with Gasteiger partial charge in [0.1, 0.15) is 5.75 Å². The van der Waals surface area contributed by atoms with E-state index in [1.807, 2.05) is 57.3 Å². The second kappa shape index (κ2) is 9.69. The van der Waals surface area contributed by atoms with Crippen LogP contribution in [0.3, 0.4) is 0 Å². The monoisotopic (exact) mass is 492 g/mol. The largest absolute Gasteiger partial charge is 0.494 e. The molecule has 0 radical (unpaired) electrons. The van der Waals surface area contributed by atoms with Crippen molar-refractivity contribution in [3.63, 3.8) is 0 Å². The molecule has 37 heavy (non-hydrogen) atoms. The summed E-state index contributed by atoms with van der Waals surface area (Å²) in [6.07, 6.45) is 1.78. The molecule has 6 nitrogen and oxygen atoms in total. The molecule has 0 aliphatic rings. The van der Waals surface area contributed by atoms with E-state index in [9.17, 15) is 4.79 Å². The van der Waals surface area contributed by atoms with Crippen molar-refractivity contribution >= 4 is 28.0 Å². The maximum absolute atomic E-state index is 13.8. The number of benzene rings is 3. The smallest absolute Gasteiger partial charge is 0.282 e. The first-order valence-corrected chi connectivity index (χ1v) is 12.7. The zero-order valence-corrected chi connectivity index (χ0v) is 22.2. The molecular weight excluding hydrogens is 460 g/mol. The summed E-state index contributed by atoms with van der Waals surface area (Å²) in [5.74, 6) is 1.62. The SMILES string of the molecule is CCOc1cc(C)c(-c2nc3ccccc3c(=O)n2N=Cc2c(C)n(C)c3ccccc23)cc1C(C)C. The standard InChI is InChI=1S/C31H32N4O2/c1-7-37-29-16-20(4)25(17-24(29)19(2)3)30-33-27-14-10-8-13-23(27)31(36)35(30)32-18-26-21(5)34(6)28-15-11-9-12-22(26)28/h8-19H,7H2,1-6H3. The number of rotatable bonds is 6. The highest BCUT2D eigenvalue weighted by molar-refractivity contribution is 6.01. The van der Waals surface area contributed by atoms with Gasteiger partial charge in [-0.2, -0.15) is 9.78 Å². The topological polar surface area (TPSA) is 61.4 Å². The average molecular weight is 493 g/mol. The second-order valence-corrected chi connectivity index (χ2v) is 9.68. The van der Waals surface area contributed by atoms with Gasteiger partial charge in [-0.3, -0.25) is 4.79 Å². The highest BCUT2D eigenvalue weighted by Crippen LogP contribution is 2.34. The Morgan fingerprint density at radius 2 is 1.73 bits per heavy atom. The molecule has 0 aliphatic heterocycles. The molecule has 0 unspecified atom stereocenters. The van der Waals surface area contributed by atoms with Gasteiger partial charge in [0, 0.05) is 34.8 Å². The number of hydrogen-bond acceptors (Lipinski definition) is 4. The number of ether oxygens (including phenoxy) is 1. The molecule has 6 heteroatoms. The van der Waals surface area contributed by atoms with Crippen molar-refractivity contribution in [2.24, 2.45) is 12.1 Å². The molecule has 0 spiro atoms. The van der Waals surface area contributed by atoms with E-state index >= 15 is 0 Å². The summed E-state index contributed by atoms with van der Waals surface area (Å²) < 4.78 is 9.52. The molecule has 188 valence electrons. The van der Waals surface area contributed by atoms with Gasteiger partial charge in [-0.15, -0.1) is 0 Å². The van der Waals surface area contributed by atoms with Crippen LogP contribution in [0.1, 0.15) is 49.1 Å². The van der Waals surface area contributed by atoms with Gasteiger partial charge in [-0.25, -0.2) is 4.98 Å². The predicted octanol–water partition coefficient (Wildman–Crippen LogP) is 6.58. The number of aryl methyl sites for hydroxylation is 2. The van der Waals surface area contributed by atoms with Crippen molar-refractivity contribution in [1.29, 1.82) is 0 Å². The molecule has 5 aromatic rings. The normalized spacial score (nSPS) is 11.9. The van der Waals surface area contributed by atoms with Crippen LogP contribution in [-0.2, 0) is 7.05 Å². The Labute approximate surface area is 216 Å². The minimum atomic E-state index is -0.200. The fraction of sp³-hybridized carbons (Fsp3) is 0.258. The Kier molecular flexibility index (Phi) is 6.42. The van der Waals surface area contributed by atoms with Gasteiger partial charge in [0.15, 0.2) is 5.82 Å². The summed E-state index contributed by atoms with van der Waals surface area (Å²) in [6, 6.07) is 19.8. The number of hydrogen-bond donors (Lipinski definition) is 0. The fourth-order valence-corrected chi connectivity index (χ4v) is 4.90. The first-order chi connectivity index (χ1) is 17.8. The third-order valence-corrected chi connectivity index (χ3v) is 7.02. The molecule has 0 saturated heterocycles. The van der Waals surface area contributed by atoms with E-state index in [1.165, 1.54) is 4.68 Å². The summed E-state index contributed by atoms with van der Waals surface area (Å²) in [7, 11) is 2.04. The Bertz CT molecular complexity index is 1720. The van der Waals surface area contributed by atoms with Gasteiger partial charge in [0.2, 0.25) is 0 Å². The molecule has 0 atom stereocenters. The Hall–Kier alpha value is -4.19. The van der Waals surface area contributed by atoms with Crippen LogP contribution in [-0.4, -0.2) is 27.0 Å². The second-order valence-electron chi connectivity index (χ2n) is 9.68. The third-order valence-electron chi connectivity index (χ3n) is 7.02. The molecule has 2 heterocycles. The van der Waals surface area contributed by atoms with Crippen LogP contribution < -0.4 is 10.3 Å². The summed E-state index contributed by atoms with van der Waals surface area (Å²) in [6.45, 7) is 10.9. The van der Waals surface area contributed by atoms with Gasteiger partial charge >= 0.3 is 0 Å². The number of fused-ring (bicyclic) bond motifs is 2.